The molecule has 1 amide bonds. The zero-order valence-electron chi connectivity index (χ0n) is 14.3. The lowest BCUT2D eigenvalue weighted by Gasteiger charge is -2.20. The first-order chi connectivity index (χ1) is 12.2. The monoisotopic (exact) mass is 453 g/mol. The van der Waals surface area contributed by atoms with Gasteiger partial charge in [0.15, 0.2) is 0 Å². The van der Waals surface area contributed by atoms with E-state index in [4.69, 9.17) is 4.52 Å². The molecule has 0 radical (unpaired) electrons. The van der Waals surface area contributed by atoms with Gasteiger partial charge in [0.25, 0.3) is 0 Å². The molecule has 5 nitrogen and oxygen atoms in total. The Morgan fingerprint density at radius 1 is 1.12 bits per heavy atom. The number of aryl methyl sites for hydroxylation is 1. The summed E-state index contributed by atoms with van der Waals surface area (Å²) in [6, 6.07) is 8.29. The first kappa shape index (κ1) is 18.4. The number of nitrogens with zero attached hydrogens (tertiary/aromatic N) is 2. The Balaban J connectivity index is 1.48. The van der Waals surface area contributed by atoms with E-state index in [-0.39, 0.29) is 5.91 Å². The summed E-state index contributed by atoms with van der Waals surface area (Å²) in [6.07, 6.45) is 9.42. The Morgan fingerprint density at radius 3 is 2.52 bits per heavy atom. The molecule has 1 N–H and O–H groups in total. The molecule has 0 atom stereocenters. The summed E-state index contributed by atoms with van der Waals surface area (Å²) in [6.45, 7) is 0. The van der Waals surface area contributed by atoms with Gasteiger partial charge in [-0.1, -0.05) is 49.4 Å². The maximum Gasteiger partial charge on any atom is 0.227 e. The molecule has 6 heteroatoms. The van der Waals surface area contributed by atoms with Crippen LogP contribution < -0.4 is 5.32 Å². The molecule has 0 saturated heterocycles. The fourth-order valence-corrected chi connectivity index (χ4v) is 3.55. The molecule has 0 bridgehead atoms. The molecule has 1 aromatic carbocycles. The molecule has 3 rings (SSSR count). The summed E-state index contributed by atoms with van der Waals surface area (Å²) in [7, 11) is 0. The molecule has 1 fully saturated rings. The molecule has 2 aromatic rings. The summed E-state index contributed by atoms with van der Waals surface area (Å²) in [4.78, 5) is 16.6. The number of nitrogens with one attached hydrogen (secondary N) is 1. The molecular formula is C19H24IN3O2. The fourth-order valence-electron chi connectivity index (χ4n) is 3.19. The van der Waals surface area contributed by atoms with Gasteiger partial charge in [-0.15, -0.1) is 0 Å². The van der Waals surface area contributed by atoms with Crippen molar-refractivity contribution in [3.8, 4) is 11.4 Å². The lowest BCUT2D eigenvalue weighted by molar-refractivity contribution is -0.122. The van der Waals surface area contributed by atoms with Crippen molar-refractivity contribution in [2.45, 2.75) is 63.8 Å². The lowest BCUT2D eigenvalue weighted by atomic mass is 9.96. The third-order valence-corrected chi connectivity index (χ3v) is 5.33. The van der Waals surface area contributed by atoms with Gasteiger partial charge >= 0.3 is 0 Å². The molecule has 1 aliphatic carbocycles. The topological polar surface area (TPSA) is 68.0 Å². The van der Waals surface area contributed by atoms with E-state index in [0.717, 1.165) is 22.0 Å². The minimum Gasteiger partial charge on any atom is -0.353 e. The number of hydrogen-bond acceptors (Lipinski definition) is 4. The van der Waals surface area contributed by atoms with E-state index >= 15 is 0 Å². The van der Waals surface area contributed by atoms with Gasteiger partial charge in [0, 0.05) is 28.0 Å². The van der Waals surface area contributed by atoms with Crippen LogP contribution in [0.5, 0.6) is 0 Å². The van der Waals surface area contributed by atoms with Crippen LogP contribution in [0.4, 0.5) is 0 Å². The first-order valence-electron chi connectivity index (χ1n) is 9.08. The van der Waals surface area contributed by atoms with Crippen molar-refractivity contribution in [3.05, 3.63) is 33.7 Å². The third-order valence-electron chi connectivity index (χ3n) is 4.61. The quantitative estimate of drug-likeness (QED) is 0.677. The molecule has 0 spiro atoms. The standard InChI is InChI=1S/C19H24IN3O2/c20-15-10-8-14(9-11-15)19-22-18(25-23-19)13-12-17(24)21-16-6-4-2-1-3-5-7-16/h8-11,16H,1-7,12-13H2,(H,21,24). The van der Waals surface area contributed by atoms with E-state index in [9.17, 15) is 4.79 Å². The second-order valence-electron chi connectivity index (χ2n) is 6.63. The predicted molar refractivity (Wildman–Crippen MR) is 105 cm³/mol. The summed E-state index contributed by atoms with van der Waals surface area (Å²) >= 11 is 2.26. The molecule has 1 aromatic heterocycles. The summed E-state index contributed by atoms with van der Waals surface area (Å²) in [5.41, 5.74) is 0.925. The van der Waals surface area contributed by atoms with Crippen LogP contribution in [-0.4, -0.2) is 22.1 Å². The molecular weight excluding hydrogens is 429 g/mol. The van der Waals surface area contributed by atoms with Crippen LogP contribution in [0.1, 0.15) is 57.3 Å². The highest BCUT2D eigenvalue weighted by Crippen LogP contribution is 2.19. The Kier molecular flexibility index (Phi) is 6.84. The molecule has 0 aliphatic heterocycles. The molecule has 25 heavy (non-hydrogen) atoms. The molecule has 0 unspecified atom stereocenters. The Bertz CT molecular complexity index is 676. The van der Waals surface area contributed by atoms with Gasteiger partial charge in [0.1, 0.15) is 0 Å². The second-order valence-corrected chi connectivity index (χ2v) is 7.87. The number of aromatic nitrogens is 2. The van der Waals surface area contributed by atoms with E-state index in [1.807, 2.05) is 24.3 Å². The number of halogens is 1. The molecule has 1 aliphatic rings. The number of amides is 1. The maximum absolute atomic E-state index is 12.2. The fraction of sp³-hybridized carbons (Fsp3) is 0.526. The number of carbonyl (C=O) groups is 1. The predicted octanol–water partition coefficient (Wildman–Crippen LogP) is 4.50. The van der Waals surface area contributed by atoms with Gasteiger partial charge in [-0.05, 0) is 47.6 Å². The zero-order chi connectivity index (χ0) is 17.5. The SMILES string of the molecule is O=C(CCc1nc(-c2ccc(I)cc2)no1)NC1CCCCCCC1. The van der Waals surface area contributed by atoms with Crippen molar-refractivity contribution in [3.63, 3.8) is 0 Å². The van der Waals surface area contributed by atoms with E-state index in [0.29, 0.717) is 30.6 Å². The third kappa shape index (κ3) is 5.80. The van der Waals surface area contributed by atoms with Crippen molar-refractivity contribution in [1.82, 2.24) is 15.5 Å². The number of carbonyl (C=O) groups excluding carboxylic acids is 1. The minimum absolute atomic E-state index is 0.0830. The summed E-state index contributed by atoms with van der Waals surface area (Å²) in [5, 5.41) is 7.18. The number of hydrogen-bond donors (Lipinski definition) is 1. The van der Waals surface area contributed by atoms with Gasteiger partial charge < -0.3 is 9.84 Å². The highest BCUT2D eigenvalue weighted by atomic mass is 127. The van der Waals surface area contributed by atoms with Gasteiger partial charge in [-0.2, -0.15) is 4.98 Å². The van der Waals surface area contributed by atoms with Crippen LogP contribution in [-0.2, 0) is 11.2 Å². The summed E-state index contributed by atoms with van der Waals surface area (Å²) in [5.74, 6) is 1.17. The highest BCUT2D eigenvalue weighted by Gasteiger charge is 2.15. The van der Waals surface area contributed by atoms with Crippen LogP contribution in [0.2, 0.25) is 0 Å². The number of benzene rings is 1. The first-order valence-corrected chi connectivity index (χ1v) is 10.2. The van der Waals surface area contributed by atoms with Gasteiger partial charge in [0.05, 0.1) is 0 Å². The van der Waals surface area contributed by atoms with Crippen LogP contribution in [0.3, 0.4) is 0 Å². The van der Waals surface area contributed by atoms with Crippen LogP contribution >= 0.6 is 22.6 Å². The zero-order valence-corrected chi connectivity index (χ0v) is 16.5. The maximum atomic E-state index is 12.2. The van der Waals surface area contributed by atoms with Crippen molar-refractivity contribution in [2.24, 2.45) is 0 Å². The highest BCUT2D eigenvalue weighted by molar-refractivity contribution is 14.1. The van der Waals surface area contributed by atoms with E-state index in [1.165, 1.54) is 32.1 Å². The number of rotatable bonds is 5. The molecule has 1 heterocycles. The van der Waals surface area contributed by atoms with E-state index in [2.05, 4.69) is 38.0 Å². The van der Waals surface area contributed by atoms with Crippen LogP contribution in [0, 0.1) is 3.57 Å². The molecule has 134 valence electrons. The Morgan fingerprint density at radius 2 is 1.80 bits per heavy atom. The van der Waals surface area contributed by atoms with Crippen LogP contribution in [0.15, 0.2) is 28.8 Å². The Labute approximate surface area is 162 Å². The Hall–Kier alpha value is -1.44. The van der Waals surface area contributed by atoms with Crippen molar-refractivity contribution < 1.29 is 9.32 Å². The average Bonchev–Trinajstić information content (AvgIpc) is 3.05. The minimum atomic E-state index is 0.0830. The molecule has 1 saturated carbocycles. The van der Waals surface area contributed by atoms with Crippen LogP contribution in [0.25, 0.3) is 11.4 Å². The van der Waals surface area contributed by atoms with E-state index < -0.39 is 0 Å². The largest absolute Gasteiger partial charge is 0.353 e. The van der Waals surface area contributed by atoms with E-state index in [1.54, 1.807) is 0 Å². The van der Waals surface area contributed by atoms with Crippen molar-refractivity contribution in [2.75, 3.05) is 0 Å². The average molecular weight is 453 g/mol. The lowest BCUT2D eigenvalue weighted by Crippen LogP contribution is -2.35. The second kappa shape index (κ2) is 9.31. The summed E-state index contributed by atoms with van der Waals surface area (Å²) < 4.78 is 6.45. The normalized spacial score (nSPS) is 16.2. The van der Waals surface area contributed by atoms with Crippen molar-refractivity contribution in [1.29, 1.82) is 0 Å². The van der Waals surface area contributed by atoms with Gasteiger partial charge in [0.2, 0.25) is 17.6 Å². The van der Waals surface area contributed by atoms with Gasteiger partial charge in [-0.3, -0.25) is 4.79 Å². The smallest absolute Gasteiger partial charge is 0.227 e. The van der Waals surface area contributed by atoms with Gasteiger partial charge in [-0.25, -0.2) is 0 Å². The van der Waals surface area contributed by atoms with Crippen molar-refractivity contribution >= 4 is 28.5 Å².